The third-order valence-electron chi connectivity index (χ3n) is 6.13. The molecule has 39 heavy (non-hydrogen) atoms. The first kappa shape index (κ1) is 29.2. The summed E-state index contributed by atoms with van der Waals surface area (Å²) < 4.78 is 5.60. The number of nitrogens with one attached hydrogen (secondary N) is 2. The molecule has 3 atom stereocenters. The van der Waals surface area contributed by atoms with Crippen LogP contribution in [0, 0.1) is 5.92 Å². The van der Waals surface area contributed by atoms with Crippen molar-refractivity contribution in [1.29, 1.82) is 0 Å². The van der Waals surface area contributed by atoms with E-state index in [-0.39, 0.29) is 23.6 Å². The van der Waals surface area contributed by atoms with Crippen LogP contribution in [0.3, 0.4) is 0 Å². The number of anilines is 1. The maximum Gasteiger partial charge on any atom is 0.335 e. The number of hydrogen-bond donors (Lipinski definition) is 3. The number of carboxylic acid groups (broad SMARTS) is 1. The molecule has 0 bridgehead atoms. The summed E-state index contributed by atoms with van der Waals surface area (Å²) in [6.45, 7) is 4.67. The Hall–Kier alpha value is -4.41. The Kier molecular flexibility index (Phi) is 8.95. The Morgan fingerprint density at radius 1 is 1.03 bits per heavy atom. The van der Waals surface area contributed by atoms with Gasteiger partial charge in [0.25, 0.3) is 0 Å². The monoisotopic (exact) mass is 538 g/mol. The highest BCUT2D eigenvalue weighted by Gasteiger charge is 2.51. The molecule has 2 aromatic carbocycles. The number of likely N-dealkylation sites (tertiary alicyclic amines) is 1. The Morgan fingerprint density at radius 3 is 2.28 bits per heavy atom. The average molecular weight is 539 g/mol. The van der Waals surface area contributed by atoms with Crippen LogP contribution in [0.15, 0.2) is 54.6 Å². The van der Waals surface area contributed by atoms with E-state index in [0.717, 1.165) is 0 Å². The summed E-state index contributed by atoms with van der Waals surface area (Å²) in [6.07, 6.45) is 0.0609. The number of rotatable bonds is 7. The van der Waals surface area contributed by atoms with E-state index in [2.05, 4.69) is 10.6 Å². The Morgan fingerprint density at radius 2 is 1.69 bits per heavy atom. The minimum absolute atomic E-state index is 0.0107. The lowest BCUT2D eigenvalue weighted by Crippen LogP contribution is -2.49. The summed E-state index contributed by atoms with van der Waals surface area (Å²) >= 11 is 0. The zero-order valence-corrected chi connectivity index (χ0v) is 22.6. The molecule has 2 aromatic rings. The molecule has 208 valence electrons. The van der Waals surface area contributed by atoms with Gasteiger partial charge in [0.15, 0.2) is 0 Å². The van der Waals surface area contributed by atoms with E-state index in [9.17, 15) is 24.0 Å². The van der Waals surface area contributed by atoms with Crippen LogP contribution in [0.25, 0.3) is 0 Å². The lowest BCUT2D eigenvalue weighted by atomic mass is 9.92. The molecule has 1 heterocycles. The van der Waals surface area contributed by atoms with E-state index < -0.39 is 54.0 Å². The second-order valence-corrected chi connectivity index (χ2v) is 10.5. The molecule has 0 spiro atoms. The van der Waals surface area contributed by atoms with Crippen molar-refractivity contribution in [3.05, 3.63) is 65.7 Å². The SMILES string of the molecule is CN(C)C(=O)C1CC(C(=O)OC(C)(C)C)N(C(=O)CNC(=O)Nc2cccc(C(=O)O)c2)C1c1ccccc1. The smallest absolute Gasteiger partial charge is 0.335 e. The Balaban J connectivity index is 1.88. The van der Waals surface area contributed by atoms with Gasteiger partial charge in [-0.3, -0.25) is 9.59 Å². The molecule has 3 rings (SSSR count). The number of carboxylic acids is 1. The van der Waals surface area contributed by atoms with Crippen molar-refractivity contribution >= 4 is 35.5 Å². The highest BCUT2D eigenvalue weighted by molar-refractivity contribution is 5.96. The van der Waals surface area contributed by atoms with Crippen molar-refractivity contribution in [3.63, 3.8) is 0 Å². The van der Waals surface area contributed by atoms with Crippen molar-refractivity contribution in [2.45, 2.75) is 44.9 Å². The number of amides is 4. The van der Waals surface area contributed by atoms with Crippen LogP contribution in [0.5, 0.6) is 0 Å². The van der Waals surface area contributed by atoms with Crippen LogP contribution < -0.4 is 10.6 Å². The van der Waals surface area contributed by atoms with E-state index in [0.29, 0.717) is 5.56 Å². The lowest BCUT2D eigenvalue weighted by molar-refractivity contribution is -0.164. The molecule has 0 aliphatic carbocycles. The fourth-order valence-electron chi connectivity index (χ4n) is 4.54. The van der Waals surface area contributed by atoms with Crippen molar-refractivity contribution < 1.29 is 33.8 Å². The molecule has 0 saturated carbocycles. The van der Waals surface area contributed by atoms with Gasteiger partial charge in [-0.2, -0.15) is 0 Å². The number of aromatic carboxylic acids is 1. The van der Waals surface area contributed by atoms with Crippen molar-refractivity contribution in [1.82, 2.24) is 15.1 Å². The van der Waals surface area contributed by atoms with E-state index in [1.807, 2.05) is 6.07 Å². The topological polar surface area (TPSA) is 145 Å². The first-order valence-electron chi connectivity index (χ1n) is 12.5. The first-order valence-corrected chi connectivity index (χ1v) is 12.5. The molecule has 0 aromatic heterocycles. The molecule has 0 radical (unpaired) electrons. The number of benzene rings is 2. The van der Waals surface area contributed by atoms with Gasteiger partial charge in [-0.1, -0.05) is 36.4 Å². The van der Waals surface area contributed by atoms with Crippen LogP contribution in [-0.2, 0) is 19.1 Å². The number of carbonyl (C=O) groups excluding carboxylic acids is 4. The van der Waals surface area contributed by atoms with Crippen molar-refractivity contribution in [2.75, 3.05) is 26.0 Å². The third-order valence-corrected chi connectivity index (χ3v) is 6.13. The lowest BCUT2D eigenvalue weighted by Gasteiger charge is -2.32. The largest absolute Gasteiger partial charge is 0.478 e. The van der Waals surface area contributed by atoms with Gasteiger partial charge in [0, 0.05) is 19.8 Å². The highest BCUT2D eigenvalue weighted by Crippen LogP contribution is 2.42. The second kappa shape index (κ2) is 12.0. The molecule has 1 aliphatic rings. The number of hydrogen-bond acceptors (Lipinski definition) is 6. The number of carbonyl (C=O) groups is 5. The van der Waals surface area contributed by atoms with Gasteiger partial charge < -0.3 is 30.3 Å². The van der Waals surface area contributed by atoms with Crippen LogP contribution in [0.4, 0.5) is 10.5 Å². The summed E-state index contributed by atoms with van der Waals surface area (Å²) in [4.78, 5) is 66.6. The second-order valence-electron chi connectivity index (χ2n) is 10.5. The fraction of sp³-hybridized carbons (Fsp3) is 0.393. The highest BCUT2D eigenvalue weighted by atomic mass is 16.6. The summed E-state index contributed by atoms with van der Waals surface area (Å²) in [6, 6.07) is 12.1. The average Bonchev–Trinajstić information content (AvgIpc) is 3.27. The third kappa shape index (κ3) is 7.34. The van der Waals surface area contributed by atoms with Crippen LogP contribution in [0.2, 0.25) is 0 Å². The predicted octanol–water partition coefficient (Wildman–Crippen LogP) is 2.89. The molecule has 4 amide bonds. The number of urea groups is 1. The normalized spacial score (nSPS) is 18.7. The zero-order valence-electron chi connectivity index (χ0n) is 22.6. The Bertz CT molecular complexity index is 1240. The number of nitrogens with zero attached hydrogens (tertiary/aromatic N) is 2. The van der Waals surface area contributed by atoms with Gasteiger partial charge in [0.1, 0.15) is 11.6 Å². The number of esters is 1. The van der Waals surface area contributed by atoms with E-state index in [1.54, 1.807) is 59.1 Å². The van der Waals surface area contributed by atoms with E-state index in [4.69, 9.17) is 9.84 Å². The molecule has 1 fully saturated rings. The summed E-state index contributed by atoms with van der Waals surface area (Å²) in [5, 5.41) is 14.1. The van der Waals surface area contributed by atoms with Crippen LogP contribution in [-0.4, -0.2) is 77.0 Å². The Labute approximate surface area is 227 Å². The molecule has 3 unspecified atom stereocenters. The van der Waals surface area contributed by atoms with Gasteiger partial charge in [0.2, 0.25) is 11.8 Å². The standard InChI is InChI=1S/C28H34N4O7/c1-28(2,3)39-26(37)21-15-20(24(34)31(4)5)23(17-10-7-6-8-11-17)32(21)22(33)16-29-27(38)30-19-13-9-12-18(14-19)25(35)36/h6-14,20-21,23H,15-16H2,1-5H3,(H,35,36)(H2,29,30,38). The molecular formula is C28H34N4O7. The van der Waals surface area contributed by atoms with E-state index >= 15 is 0 Å². The number of ether oxygens (including phenoxy) is 1. The van der Waals surface area contributed by atoms with Gasteiger partial charge in [-0.25, -0.2) is 14.4 Å². The van der Waals surface area contributed by atoms with Gasteiger partial charge in [0.05, 0.1) is 24.1 Å². The molecule has 11 nitrogen and oxygen atoms in total. The quantitative estimate of drug-likeness (QED) is 0.460. The summed E-state index contributed by atoms with van der Waals surface area (Å²) in [7, 11) is 3.23. The van der Waals surface area contributed by atoms with Crippen LogP contribution in [0.1, 0.15) is 49.2 Å². The minimum Gasteiger partial charge on any atom is -0.478 e. The van der Waals surface area contributed by atoms with Gasteiger partial charge in [-0.05, 0) is 51.0 Å². The maximum absolute atomic E-state index is 13.6. The molecule has 1 aliphatic heterocycles. The predicted molar refractivity (Wildman–Crippen MR) is 143 cm³/mol. The maximum atomic E-state index is 13.6. The van der Waals surface area contributed by atoms with Crippen molar-refractivity contribution in [3.8, 4) is 0 Å². The minimum atomic E-state index is -1.15. The zero-order chi connectivity index (χ0) is 28.9. The molecule has 3 N–H and O–H groups in total. The van der Waals surface area contributed by atoms with Gasteiger partial charge in [-0.15, -0.1) is 0 Å². The molecular weight excluding hydrogens is 504 g/mol. The summed E-state index contributed by atoms with van der Waals surface area (Å²) in [5.41, 5.74) is 0.0716. The molecule has 1 saturated heterocycles. The van der Waals surface area contributed by atoms with Gasteiger partial charge >= 0.3 is 18.0 Å². The summed E-state index contributed by atoms with van der Waals surface area (Å²) in [5.74, 6) is -3.32. The fourth-order valence-corrected chi connectivity index (χ4v) is 4.54. The molecule has 11 heteroatoms. The van der Waals surface area contributed by atoms with E-state index in [1.165, 1.54) is 34.1 Å². The first-order chi connectivity index (χ1) is 18.3. The van der Waals surface area contributed by atoms with Crippen LogP contribution >= 0.6 is 0 Å². The van der Waals surface area contributed by atoms with Crippen molar-refractivity contribution in [2.24, 2.45) is 5.92 Å².